The molecular weight excluding hydrogens is 330 g/mol. The first-order chi connectivity index (χ1) is 11.0. The summed E-state index contributed by atoms with van der Waals surface area (Å²) >= 11 is 0. The van der Waals surface area contributed by atoms with Gasteiger partial charge in [0.25, 0.3) is 0 Å². The highest BCUT2D eigenvalue weighted by Crippen LogP contribution is 2.24. The quantitative estimate of drug-likeness (QED) is 0.511. The Bertz CT molecular complexity index is 639. The van der Waals surface area contributed by atoms with Crippen molar-refractivity contribution in [1.29, 1.82) is 0 Å². The number of hydrogen-bond acceptors (Lipinski definition) is 3. The molecule has 0 spiro atoms. The first-order valence-corrected chi connectivity index (χ1v) is 6.97. The number of halogens is 4. The van der Waals surface area contributed by atoms with Crippen molar-refractivity contribution < 1.29 is 31.8 Å². The Morgan fingerprint density at radius 1 is 1.25 bits per heavy atom. The number of alkyl carbamates (subject to hydrolysis) is 1. The average Bonchev–Trinajstić information content (AvgIpc) is 2.36. The molecule has 0 fully saturated rings. The van der Waals surface area contributed by atoms with Crippen molar-refractivity contribution >= 4 is 6.09 Å². The van der Waals surface area contributed by atoms with E-state index in [4.69, 9.17) is 4.74 Å². The molecule has 1 aromatic carbocycles. The Labute approximate surface area is 137 Å². The van der Waals surface area contributed by atoms with E-state index in [0.29, 0.717) is 6.07 Å². The molecule has 1 aromatic rings. The Morgan fingerprint density at radius 3 is 2.46 bits per heavy atom. The van der Waals surface area contributed by atoms with Crippen LogP contribution in [0.5, 0.6) is 5.75 Å². The number of ether oxygens (including phenoxy) is 2. The van der Waals surface area contributed by atoms with Crippen LogP contribution in [0.3, 0.4) is 0 Å². The molecular formula is C16H17F4NO3. The van der Waals surface area contributed by atoms with E-state index in [9.17, 15) is 22.4 Å². The lowest BCUT2D eigenvalue weighted by molar-refractivity contribution is -0.274. The fourth-order valence-electron chi connectivity index (χ4n) is 1.49. The number of benzene rings is 1. The van der Waals surface area contributed by atoms with Gasteiger partial charge in [0, 0.05) is 19.0 Å². The van der Waals surface area contributed by atoms with E-state index in [-0.39, 0.29) is 18.5 Å². The van der Waals surface area contributed by atoms with E-state index >= 15 is 0 Å². The van der Waals surface area contributed by atoms with Crippen molar-refractivity contribution in [2.24, 2.45) is 0 Å². The van der Waals surface area contributed by atoms with Gasteiger partial charge in [-0.1, -0.05) is 11.8 Å². The first-order valence-electron chi connectivity index (χ1n) is 6.97. The molecule has 1 rings (SSSR count). The van der Waals surface area contributed by atoms with Crippen molar-refractivity contribution in [3.8, 4) is 17.6 Å². The highest BCUT2D eigenvalue weighted by atomic mass is 19.4. The number of nitrogens with one attached hydrogen (secondary N) is 1. The third-order valence-corrected chi connectivity index (χ3v) is 2.32. The summed E-state index contributed by atoms with van der Waals surface area (Å²) < 4.78 is 58.3. The minimum absolute atomic E-state index is 0.0678. The van der Waals surface area contributed by atoms with Gasteiger partial charge in [-0.05, 0) is 32.9 Å². The molecule has 0 aliphatic rings. The Morgan fingerprint density at radius 2 is 1.92 bits per heavy atom. The van der Waals surface area contributed by atoms with Gasteiger partial charge < -0.3 is 14.8 Å². The molecule has 0 aliphatic heterocycles. The summed E-state index contributed by atoms with van der Waals surface area (Å²) in [7, 11) is 0. The summed E-state index contributed by atoms with van der Waals surface area (Å²) in [6.45, 7) is 5.36. The van der Waals surface area contributed by atoms with Gasteiger partial charge in [-0.25, -0.2) is 9.18 Å². The number of carbonyl (C=O) groups excluding carboxylic acids is 1. The van der Waals surface area contributed by atoms with Crippen LogP contribution in [0.1, 0.15) is 32.8 Å². The third kappa shape index (κ3) is 8.27. The Kier molecular flexibility index (Phi) is 6.46. The predicted molar refractivity (Wildman–Crippen MR) is 78.8 cm³/mol. The van der Waals surface area contributed by atoms with Crippen molar-refractivity contribution in [3.63, 3.8) is 0 Å². The molecule has 0 radical (unpaired) electrons. The number of hydrogen-bond donors (Lipinski definition) is 1. The summed E-state index contributed by atoms with van der Waals surface area (Å²) in [4.78, 5) is 11.4. The molecule has 0 aromatic heterocycles. The highest BCUT2D eigenvalue weighted by molar-refractivity contribution is 5.67. The SMILES string of the molecule is CC(C)(C)OC(=O)NCCC#Cc1ccc(OC(F)(F)F)cc1F. The molecule has 24 heavy (non-hydrogen) atoms. The zero-order valence-electron chi connectivity index (χ0n) is 13.4. The molecule has 132 valence electrons. The number of alkyl halides is 3. The van der Waals surface area contributed by atoms with Crippen molar-refractivity contribution in [3.05, 3.63) is 29.6 Å². The minimum atomic E-state index is -4.88. The molecule has 4 nitrogen and oxygen atoms in total. The molecule has 0 atom stereocenters. The molecule has 0 saturated heterocycles. The summed E-state index contributed by atoms with van der Waals surface area (Å²) in [5.41, 5.74) is -0.680. The maximum atomic E-state index is 13.6. The molecule has 1 amide bonds. The molecule has 8 heteroatoms. The van der Waals surface area contributed by atoms with Crippen molar-refractivity contribution in [1.82, 2.24) is 5.32 Å². The van der Waals surface area contributed by atoms with Gasteiger partial charge in [0.1, 0.15) is 17.2 Å². The van der Waals surface area contributed by atoms with Crippen molar-refractivity contribution in [2.45, 2.75) is 39.2 Å². The van der Waals surface area contributed by atoms with Crippen LogP contribution < -0.4 is 10.1 Å². The maximum absolute atomic E-state index is 13.6. The molecule has 0 bridgehead atoms. The van der Waals surface area contributed by atoms with Gasteiger partial charge in [-0.2, -0.15) is 0 Å². The topological polar surface area (TPSA) is 47.6 Å². The van der Waals surface area contributed by atoms with Crippen LogP contribution >= 0.6 is 0 Å². The zero-order chi connectivity index (χ0) is 18.4. The van der Waals surface area contributed by atoms with E-state index in [1.165, 1.54) is 0 Å². The Hall–Kier alpha value is -2.43. The van der Waals surface area contributed by atoms with E-state index in [1.807, 2.05) is 0 Å². The fraction of sp³-hybridized carbons (Fsp3) is 0.438. The van der Waals surface area contributed by atoms with Gasteiger partial charge >= 0.3 is 12.5 Å². The maximum Gasteiger partial charge on any atom is 0.573 e. The summed E-state index contributed by atoms with van der Waals surface area (Å²) in [6, 6.07) is 2.67. The van der Waals surface area contributed by atoms with Crippen LogP contribution in [-0.2, 0) is 4.74 Å². The van der Waals surface area contributed by atoms with Gasteiger partial charge in [0.15, 0.2) is 0 Å². The average molecular weight is 347 g/mol. The second kappa shape index (κ2) is 7.90. The minimum Gasteiger partial charge on any atom is -0.444 e. The second-order valence-electron chi connectivity index (χ2n) is 5.67. The number of carbonyl (C=O) groups is 1. The van der Waals surface area contributed by atoms with E-state index in [0.717, 1.165) is 12.1 Å². The zero-order valence-corrected chi connectivity index (χ0v) is 13.4. The van der Waals surface area contributed by atoms with Crippen molar-refractivity contribution in [2.75, 3.05) is 6.54 Å². The van der Waals surface area contributed by atoms with Gasteiger partial charge in [-0.15, -0.1) is 13.2 Å². The van der Waals surface area contributed by atoms with Gasteiger partial charge in [0.05, 0.1) is 5.56 Å². The van der Waals surface area contributed by atoms with Crippen LogP contribution in [0.2, 0.25) is 0 Å². The van der Waals surface area contributed by atoms with Gasteiger partial charge in [-0.3, -0.25) is 0 Å². The number of amides is 1. The highest BCUT2D eigenvalue weighted by Gasteiger charge is 2.31. The second-order valence-corrected chi connectivity index (χ2v) is 5.67. The fourth-order valence-corrected chi connectivity index (χ4v) is 1.49. The summed E-state index contributed by atoms with van der Waals surface area (Å²) in [6.07, 6.45) is -5.25. The normalized spacial score (nSPS) is 11.3. The molecule has 0 saturated carbocycles. The molecule has 0 heterocycles. The molecule has 1 N–H and O–H groups in total. The van der Waals surface area contributed by atoms with Crippen LogP contribution in [0.15, 0.2) is 18.2 Å². The van der Waals surface area contributed by atoms with E-state index in [2.05, 4.69) is 21.9 Å². The van der Waals surface area contributed by atoms with Crippen LogP contribution in [0.4, 0.5) is 22.4 Å². The number of rotatable bonds is 3. The molecule has 0 unspecified atom stereocenters. The Balaban J connectivity index is 2.51. The molecule has 0 aliphatic carbocycles. The van der Waals surface area contributed by atoms with Crippen LogP contribution in [-0.4, -0.2) is 24.6 Å². The van der Waals surface area contributed by atoms with Crippen LogP contribution in [0, 0.1) is 17.7 Å². The summed E-state index contributed by atoms with van der Waals surface area (Å²) in [5.74, 6) is 3.49. The third-order valence-electron chi connectivity index (χ3n) is 2.32. The lowest BCUT2D eigenvalue weighted by Crippen LogP contribution is -2.32. The monoisotopic (exact) mass is 347 g/mol. The summed E-state index contributed by atoms with van der Waals surface area (Å²) in [5, 5.41) is 2.47. The largest absolute Gasteiger partial charge is 0.573 e. The van der Waals surface area contributed by atoms with Gasteiger partial charge in [0.2, 0.25) is 0 Å². The first kappa shape index (κ1) is 19.6. The van der Waals surface area contributed by atoms with E-state index in [1.54, 1.807) is 20.8 Å². The van der Waals surface area contributed by atoms with E-state index < -0.39 is 29.6 Å². The smallest absolute Gasteiger partial charge is 0.444 e. The van der Waals surface area contributed by atoms with Crippen LogP contribution in [0.25, 0.3) is 0 Å². The lowest BCUT2D eigenvalue weighted by atomic mass is 10.2. The standard InChI is InChI=1S/C16H17F4NO3/c1-15(2,3)24-14(22)21-9-5-4-6-11-7-8-12(10-13(11)17)23-16(18,19)20/h7-8,10H,5,9H2,1-3H3,(H,21,22). The predicted octanol–water partition coefficient (Wildman–Crippen LogP) is 3.99. The lowest BCUT2D eigenvalue weighted by Gasteiger charge is -2.19.